The van der Waals surface area contributed by atoms with Crippen LogP contribution >= 0.6 is 0 Å². The number of carbonyl (C=O) groups excluding carboxylic acids is 5. The fourth-order valence-electron chi connectivity index (χ4n) is 6.51. The first-order valence-corrected chi connectivity index (χ1v) is 21.0. The molecule has 0 spiro atoms. The summed E-state index contributed by atoms with van der Waals surface area (Å²) < 4.78 is 173. The molecule has 1 N–H and O–H groups in total. The van der Waals surface area contributed by atoms with Crippen LogP contribution in [0.4, 0.5) is 43.9 Å². The fourth-order valence-corrected chi connectivity index (χ4v) is 6.51. The predicted molar refractivity (Wildman–Crippen MR) is 226 cm³/mol. The second kappa shape index (κ2) is 23.5. The van der Waals surface area contributed by atoms with Crippen LogP contribution in [0.2, 0.25) is 0 Å². The molecular formula is C41H40F10N6O18. The zero-order chi connectivity index (χ0) is 56.6. The van der Waals surface area contributed by atoms with Crippen LogP contribution in [0.25, 0.3) is 10.8 Å². The molecule has 24 nitrogen and oxygen atoms in total. The molecule has 0 saturated heterocycles. The van der Waals surface area contributed by atoms with E-state index in [1.807, 2.05) is 0 Å². The molecule has 2 heterocycles. The average Bonchev–Trinajstić information content (AvgIpc) is 3.34. The Hall–Kier alpha value is -7.91. The van der Waals surface area contributed by atoms with Crippen molar-refractivity contribution in [3.63, 3.8) is 0 Å². The molecule has 0 atom stereocenters. The highest BCUT2D eigenvalue weighted by Gasteiger charge is 2.89. The second-order valence-corrected chi connectivity index (χ2v) is 15.3. The van der Waals surface area contributed by atoms with E-state index in [9.17, 15) is 102 Å². The summed E-state index contributed by atoms with van der Waals surface area (Å²) in [6.45, 7) is -7.04. The third-order valence-corrected chi connectivity index (χ3v) is 10.5. The molecule has 0 fully saturated rings. The number of fused-ring (bicyclic) bond motifs is 1. The van der Waals surface area contributed by atoms with Gasteiger partial charge in [0, 0.05) is 26.7 Å². The fraction of sp³-hybridized carbons (Fsp3) is 0.488. The number of benzene rings is 2. The smallest absolute Gasteiger partial charge is 0.469 e. The normalized spacial score (nSPS) is 12.3. The monoisotopic (exact) mass is 1090 g/mol. The van der Waals surface area contributed by atoms with Crippen molar-refractivity contribution in [3.8, 4) is 0 Å². The van der Waals surface area contributed by atoms with Crippen molar-refractivity contribution >= 4 is 40.6 Å². The molecule has 0 aliphatic rings. The van der Waals surface area contributed by atoms with Crippen LogP contribution in [0, 0.1) is 0 Å². The third kappa shape index (κ3) is 12.4. The maximum Gasteiger partial charge on any atom is 0.473 e. The molecule has 2 aromatic heterocycles. The first-order valence-electron chi connectivity index (χ1n) is 21.0. The van der Waals surface area contributed by atoms with Crippen LogP contribution in [0.1, 0.15) is 40.0 Å². The highest BCUT2D eigenvalue weighted by atomic mass is 19.4. The zero-order valence-electron chi connectivity index (χ0n) is 38.8. The van der Waals surface area contributed by atoms with Gasteiger partial charge < -0.3 is 33.5 Å². The van der Waals surface area contributed by atoms with Crippen molar-refractivity contribution in [2.75, 3.05) is 41.2 Å². The molecule has 0 radical (unpaired) electrons. The van der Waals surface area contributed by atoms with Gasteiger partial charge in [0.15, 0.2) is 0 Å². The molecule has 0 aliphatic carbocycles. The SMILES string of the molecule is COCCn1c(=O)n(CCO)c(=O)n(CCOC(=O)CCn2c(=O)n(CCC(=O)OC)c(=O)n(CCC(=O)OC(F)(F)C(F)(F)C(F)(F)C(F)(F)C(F)(F)OC(=O)c3ccc4cc(C(=O)OC)ccc4c3)c2=O)c1=O. The molecule has 0 bridgehead atoms. The molecule has 0 amide bonds. The highest BCUT2D eigenvalue weighted by Crippen LogP contribution is 2.57. The highest BCUT2D eigenvalue weighted by molar-refractivity contribution is 5.99. The number of esters is 5. The Kier molecular flexibility index (Phi) is 18.7. The lowest BCUT2D eigenvalue weighted by Crippen LogP contribution is -2.68. The minimum Gasteiger partial charge on any atom is -0.469 e. The molecule has 0 aliphatic heterocycles. The van der Waals surface area contributed by atoms with Crippen molar-refractivity contribution in [2.45, 2.75) is 88.5 Å². The zero-order valence-corrected chi connectivity index (χ0v) is 38.8. The number of hydrogen-bond donors (Lipinski definition) is 1. The second-order valence-electron chi connectivity index (χ2n) is 15.3. The number of ether oxygens (including phenoxy) is 6. The standard InChI is InChI=1S/C41H40F10N6O18/c1-70-18-15-56-34(67)55(14-17-58)35(68)57(36(56)69)16-19-73-27(60)9-12-53-31(64)52(11-8-26(59)71-2)32(65)54(33(53)66)13-10-28(61)74-40(48,49)38(44,45)37(42,43)39(46,47)41(50,51)75-30(63)25-7-5-22-20-24(29(62)72-3)6-4-23(22)21-25/h4-7,20-21,58H,8-19H2,1-3H3. The summed E-state index contributed by atoms with van der Waals surface area (Å²) in [6, 6.07) is 5.43. The van der Waals surface area contributed by atoms with Crippen molar-refractivity contribution in [1.82, 2.24) is 27.4 Å². The molecule has 4 rings (SSSR count). The Morgan fingerprint density at radius 3 is 1.24 bits per heavy atom. The number of halogens is 10. The molecule has 0 saturated carbocycles. The number of aliphatic hydroxyl groups excluding tert-OH is 1. The number of aromatic nitrogens is 6. The quantitative estimate of drug-likeness (QED) is 0.0531. The third-order valence-electron chi connectivity index (χ3n) is 10.5. The van der Waals surface area contributed by atoms with Gasteiger partial charge in [0.05, 0.1) is 77.5 Å². The van der Waals surface area contributed by atoms with Crippen LogP contribution in [0.15, 0.2) is 65.2 Å². The van der Waals surface area contributed by atoms with E-state index in [0.29, 0.717) is 25.8 Å². The molecular weight excluding hydrogens is 1050 g/mol. The van der Waals surface area contributed by atoms with Gasteiger partial charge in [-0.2, -0.15) is 43.9 Å². The van der Waals surface area contributed by atoms with Crippen molar-refractivity contribution in [2.24, 2.45) is 0 Å². The maximum absolute atomic E-state index is 14.8. The number of alkyl halides is 10. The summed E-state index contributed by atoms with van der Waals surface area (Å²) in [5.41, 5.74) is -9.94. The summed E-state index contributed by atoms with van der Waals surface area (Å²) >= 11 is 0. The minimum atomic E-state index is -7.97. The molecule has 4 aromatic rings. The van der Waals surface area contributed by atoms with E-state index in [4.69, 9.17) is 9.47 Å². The maximum atomic E-state index is 14.8. The van der Waals surface area contributed by atoms with Crippen LogP contribution in [-0.4, -0.2) is 133 Å². The topological polar surface area (TPSA) is 293 Å². The molecule has 2 aromatic carbocycles. The first-order chi connectivity index (χ1) is 34.9. The van der Waals surface area contributed by atoms with E-state index in [-0.39, 0.29) is 43.2 Å². The van der Waals surface area contributed by atoms with Crippen LogP contribution in [-0.2, 0) is 82.1 Å². The summed E-state index contributed by atoms with van der Waals surface area (Å²) in [4.78, 5) is 139. The Balaban J connectivity index is 1.53. The predicted octanol–water partition coefficient (Wildman–Crippen LogP) is 0.314. The van der Waals surface area contributed by atoms with Gasteiger partial charge in [-0.3, -0.25) is 14.4 Å². The van der Waals surface area contributed by atoms with Gasteiger partial charge in [-0.05, 0) is 35.0 Å². The van der Waals surface area contributed by atoms with Crippen molar-refractivity contribution < 1.29 is 101 Å². The Bertz CT molecular complexity index is 3220. The Morgan fingerprint density at radius 2 is 0.827 bits per heavy atom. The first kappa shape index (κ1) is 59.7. The van der Waals surface area contributed by atoms with E-state index in [2.05, 4.69) is 18.9 Å². The Labute approximate surface area is 409 Å². The lowest BCUT2D eigenvalue weighted by atomic mass is 10.0. The summed E-state index contributed by atoms with van der Waals surface area (Å²) in [7, 11) is 3.11. The molecule has 75 heavy (non-hydrogen) atoms. The largest absolute Gasteiger partial charge is 0.473 e. The van der Waals surface area contributed by atoms with Gasteiger partial charge >= 0.3 is 94.0 Å². The van der Waals surface area contributed by atoms with E-state index in [1.54, 1.807) is 0 Å². The number of hydrogen-bond acceptors (Lipinski definition) is 18. The van der Waals surface area contributed by atoms with E-state index >= 15 is 0 Å². The van der Waals surface area contributed by atoms with Gasteiger partial charge in [0.2, 0.25) is 0 Å². The number of rotatable bonds is 25. The van der Waals surface area contributed by atoms with Crippen molar-refractivity contribution in [1.29, 1.82) is 0 Å². The minimum absolute atomic E-state index is 0.0372. The van der Waals surface area contributed by atoms with Gasteiger partial charge in [0.1, 0.15) is 6.61 Å². The van der Waals surface area contributed by atoms with Gasteiger partial charge in [-0.1, -0.05) is 12.1 Å². The molecule has 412 valence electrons. The van der Waals surface area contributed by atoms with Gasteiger partial charge in [-0.25, -0.2) is 65.8 Å². The molecule has 34 heteroatoms. The van der Waals surface area contributed by atoms with Gasteiger partial charge in [-0.15, -0.1) is 0 Å². The van der Waals surface area contributed by atoms with Crippen molar-refractivity contribution in [3.05, 3.63) is 110 Å². The number of nitrogens with zero attached hydrogens (tertiary/aromatic N) is 6. The van der Waals surface area contributed by atoms with Gasteiger partial charge in [0.25, 0.3) is 0 Å². The van der Waals surface area contributed by atoms with Crippen LogP contribution in [0.5, 0.6) is 0 Å². The lowest BCUT2D eigenvalue weighted by Gasteiger charge is -2.37. The van der Waals surface area contributed by atoms with E-state index < -0.39 is 165 Å². The summed E-state index contributed by atoms with van der Waals surface area (Å²) in [5.74, 6) is -32.2. The number of methoxy groups -OCH3 is 3. The number of carbonyl (C=O) groups is 5. The Morgan fingerprint density at radius 1 is 0.453 bits per heavy atom. The van der Waals surface area contributed by atoms with E-state index in [1.165, 1.54) is 7.11 Å². The van der Waals surface area contributed by atoms with Crippen LogP contribution < -0.4 is 34.1 Å². The lowest BCUT2D eigenvalue weighted by molar-refractivity contribution is -0.458. The number of aliphatic hydroxyl groups is 1. The van der Waals surface area contributed by atoms with E-state index in [0.717, 1.165) is 38.5 Å². The summed E-state index contributed by atoms with van der Waals surface area (Å²) in [6.07, 6.45) is -18.0. The molecule has 0 unspecified atom stereocenters. The van der Waals surface area contributed by atoms with Crippen LogP contribution in [0.3, 0.4) is 0 Å². The summed E-state index contributed by atoms with van der Waals surface area (Å²) in [5, 5.41) is 9.27. The average molecular weight is 1090 g/mol.